The molecule has 0 spiro atoms. The van der Waals surface area contributed by atoms with Gasteiger partial charge in [0.1, 0.15) is 34.7 Å². The van der Waals surface area contributed by atoms with Crippen LogP contribution < -0.4 is 4.74 Å². The molecule has 2 fully saturated rings. The van der Waals surface area contributed by atoms with Crippen molar-refractivity contribution in [3.05, 3.63) is 87.8 Å². The van der Waals surface area contributed by atoms with Crippen molar-refractivity contribution in [2.75, 3.05) is 0 Å². The predicted octanol–water partition coefficient (Wildman–Crippen LogP) is 7.89. The number of ether oxygens (including phenoxy) is 1. The Balaban J connectivity index is 2.29. The highest BCUT2D eigenvalue weighted by Gasteiger charge is 2.74. The summed E-state index contributed by atoms with van der Waals surface area (Å²) in [5.41, 5.74) is -1.22. The monoisotopic (exact) mass is 790 g/mol. The second-order valence-corrected chi connectivity index (χ2v) is 17.5. The molecule has 0 aromatic heterocycles. The molecule has 2 aliphatic rings. The Morgan fingerprint density at radius 3 is 1.96 bits per heavy atom. The fourth-order valence-electron chi connectivity index (χ4n) is 8.10. The molecule has 3 rings (SSSR count). The maximum absolute atomic E-state index is 15.4. The van der Waals surface area contributed by atoms with Crippen molar-refractivity contribution < 1.29 is 54.6 Å². The Labute approximate surface area is 336 Å². The second-order valence-electron chi connectivity index (χ2n) is 17.5. The fraction of sp³-hybridized carbons (Fsp3) is 0.522. The molecule has 312 valence electrons. The van der Waals surface area contributed by atoms with Crippen LogP contribution in [0.4, 0.5) is 0 Å². The summed E-state index contributed by atoms with van der Waals surface area (Å²) in [4.78, 5) is 58.5. The van der Waals surface area contributed by atoms with Crippen LogP contribution >= 0.6 is 0 Å². The highest BCUT2D eigenvalue weighted by atomic mass is 16.6. The van der Waals surface area contributed by atoms with Gasteiger partial charge < -0.3 is 35.4 Å². The van der Waals surface area contributed by atoms with E-state index in [1.165, 1.54) is 19.9 Å². The molecule has 0 radical (unpaired) electrons. The minimum atomic E-state index is -2.35. The van der Waals surface area contributed by atoms with Crippen molar-refractivity contribution >= 4 is 29.1 Å². The van der Waals surface area contributed by atoms with Crippen LogP contribution in [0.3, 0.4) is 0 Å². The number of phenolic OH excluding ortho intramolecular Hbond substituents is 1. The number of aliphatic hydroxyl groups is 5. The number of phenols is 1. The molecule has 0 aliphatic heterocycles. The summed E-state index contributed by atoms with van der Waals surface area (Å²) in [6, 6.07) is 3.21. The minimum absolute atomic E-state index is 0.00273. The number of ketones is 3. The Morgan fingerprint density at radius 2 is 1.46 bits per heavy atom. The first-order valence-electron chi connectivity index (χ1n) is 19.4. The van der Waals surface area contributed by atoms with E-state index in [0.29, 0.717) is 12.8 Å². The number of hydrogen-bond acceptors (Lipinski definition) is 11. The van der Waals surface area contributed by atoms with E-state index in [2.05, 4.69) is 12.7 Å². The van der Waals surface area contributed by atoms with Gasteiger partial charge in [-0.3, -0.25) is 14.4 Å². The highest BCUT2D eigenvalue weighted by Crippen LogP contribution is 2.66. The minimum Gasteiger partial charge on any atom is -0.510 e. The number of fused-ring (bicyclic) bond motifs is 2. The summed E-state index contributed by atoms with van der Waals surface area (Å²) in [6.07, 6.45) is 0.617. The average molecular weight is 791 g/mol. The Kier molecular flexibility index (Phi) is 14.7. The maximum atomic E-state index is 15.4. The molecule has 6 N–H and O–H groups in total. The molecule has 2 bridgehead atoms. The molecule has 1 aromatic rings. The van der Waals surface area contributed by atoms with Gasteiger partial charge in [0.15, 0.2) is 35.0 Å². The number of aromatic hydroxyl groups is 1. The molecule has 1 aromatic carbocycles. The lowest BCUT2D eigenvalue weighted by Crippen LogP contribution is -2.69. The molecule has 0 unspecified atom stereocenters. The standard InChI is InChI=1S/C46H62O11/c1-24(2)13-15-30(27(7)8)22-45-23-31(17-14-25(3)4)44(11,12)46(43(45)56,20-19-26(5)6)41(54)34(40(45)53)36(49)29-16-18-33(32(47)21-29)57-42(55)39(52)38(51)37(50)35(48)28(9)10/h13-14,16,18-19,21,30-31,37-39,47-52H,7,15,17,20,22-23H2,1-6,8-12H3/t30-,31-,37+,38+,39+,45-,46-/m0/s1. The maximum Gasteiger partial charge on any atom is 0.343 e. The van der Waals surface area contributed by atoms with Crippen LogP contribution in [-0.4, -0.2) is 72.3 Å². The van der Waals surface area contributed by atoms with Gasteiger partial charge in [0.05, 0.1) is 5.41 Å². The number of aliphatic hydroxyl groups excluding tert-OH is 5. The van der Waals surface area contributed by atoms with Crippen molar-refractivity contribution in [3.63, 3.8) is 0 Å². The topological polar surface area (TPSA) is 199 Å². The van der Waals surface area contributed by atoms with E-state index in [4.69, 9.17) is 4.74 Å². The molecule has 11 heteroatoms. The van der Waals surface area contributed by atoms with Crippen LogP contribution in [0.2, 0.25) is 0 Å². The van der Waals surface area contributed by atoms with E-state index in [1.54, 1.807) is 0 Å². The molecular formula is C46H62O11. The van der Waals surface area contributed by atoms with Gasteiger partial charge in [0.25, 0.3) is 0 Å². The van der Waals surface area contributed by atoms with Gasteiger partial charge in [0, 0.05) is 5.56 Å². The second kappa shape index (κ2) is 17.9. The summed E-state index contributed by atoms with van der Waals surface area (Å²) in [5, 5.41) is 63.7. The number of Topliss-reactive ketones (excluding diaryl/α,β-unsaturated/α-hetero) is 3. The highest BCUT2D eigenvalue weighted by molar-refractivity contribution is 6.41. The first-order chi connectivity index (χ1) is 26.3. The normalized spacial score (nSPS) is 24.3. The predicted molar refractivity (Wildman–Crippen MR) is 219 cm³/mol. The smallest absolute Gasteiger partial charge is 0.343 e. The molecule has 2 aliphatic carbocycles. The number of allylic oxidation sites excluding steroid dienone is 9. The van der Waals surface area contributed by atoms with E-state index in [9.17, 15) is 35.4 Å². The number of hydrogen-bond donors (Lipinski definition) is 6. The van der Waals surface area contributed by atoms with E-state index < -0.39 is 86.5 Å². The van der Waals surface area contributed by atoms with Gasteiger partial charge in [0.2, 0.25) is 0 Å². The Hall–Kier alpha value is -4.58. The van der Waals surface area contributed by atoms with Crippen LogP contribution in [0.15, 0.2) is 82.2 Å². The van der Waals surface area contributed by atoms with Crippen LogP contribution in [0.1, 0.15) is 114 Å². The van der Waals surface area contributed by atoms with Crippen molar-refractivity contribution in [2.24, 2.45) is 28.1 Å². The molecule has 0 saturated heterocycles. The summed E-state index contributed by atoms with van der Waals surface area (Å²) in [6.45, 7) is 24.3. The van der Waals surface area contributed by atoms with Crippen LogP contribution in [0, 0.1) is 28.1 Å². The third-order valence-electron chi connectivity index (χ3n) is 11.9. The molecule has 0 amide bonds. The first kappa shape index (κ1) is 46.8. The van der Waals surface area contributed by atoms with Crippen LogP contribution in [-0.2, 0) is 19.2 Å². The van der Waals surface area contributed by atoms with E-state index in [-0.39, 0.29) is 42.2 Å². The molecule has 11 nitrogen and oxygen atoms in total. The van der Waals surface area contributed by atoms with Crippen LogP contribution in [0.5, 0.6) is 11.5 Å². The van der Waals surface area contributed by atoms with Gasteiger partial charge >= 0.3 is 5.97 Å². The average Bonchev–Trinajstić information content (AvgIpc) is 3.12. The molecule has 2 saturated carbocycles. The summed E-state index contributed by atoms with van der Waals surface area (Å²) in [5.74, 6) is -6.81. The zero-order valence-electron chi connectivity index (χ0n) is 35.3. The summed E-state index contributed by atoms with van der Waals surface area (Å²) in [7, 11) is 0. The van der Waals surface area contributed by atoms with Crippen molar-refractivity contribution in [1.82, 2.24) is 0 Å². The zero-order chi connectivity index (χ0) is 43.5. The summed E-state index contributed by atoms with van der Waals surface area (Å²) < 4.78 is 5.08. The quantitative estimate of drug-likeness (QED) is 0.0192. The Bertz CT molecular complexity index is 1940. The summed E-state index contributed by atoms with van der Waals surface area (Å²) >= 11 is 0. The molecule has 7 atom stereocenters. The number of rotatable bonds is 15. The third kappa shape index (κ3) is 9.11. The lowest BCUT2D eigenvalue weighted by molar-refractivity contribution is -0.177. The van der Waals surface area contributed by atoms with Gasteiger partial charge in [-0.15, -0.1) is 0 Å². The molecular weight excluding hydrogens is 728 g/mol. The van der Waals surface area contributed by atoms with E-state index in [0.717, 1.165) is 34.4 Å². The largest absolute Gasteiger partial charge is 0.510 e. The zero-order valence-corrected chi connectivity index (χ0v) is 35.3. The molecule has 0 heterocycles. The Morgan fingerprint density at radius 1 is 0.877 bits per heavy atom. The van der Waals surface area contributed by atoms with E-state index in [1.807, 2.05) is 74.5 Å². The third-order valence-corrected chi connectivity index (χ3v) is 11.9. The van der Waals surface area contributed by atoms with Crippen molar-refractivity contribution in [1.29, 1.82) is 0 Å². The first-order valence-corrected chi connectivity index (χ1v) is 19.4. The molecule has 57 heavy (non-hydrogen) atoms. The van der Waals surface area contributed by atoms with Crippen LogP contribution in [0.25, 0.3) is 5.76 Å². The van der Waals surface area contributed by atoms with Gasteiger partial charge in [-0.05, 0) is 135 Å². The SMILES string of the molecule is C=C(C)[C@@H](CC=C(C)C)C[C@]12C[C@H](CC=C(C)C)C(C)(C)[C@@](CC=C(C)C)(C(=O)C(=C(O)c3ccc(OC(=O)[C@H](O)[C@H](O)[C@H](O)C(O)=C(C)C)c(O)c3)C1=O)C2=O. The number of benzene rings is 1. The van der Waals surface area contributed by atoms with Gasteiger partial charge in [-0.25, -0.2) is 4.79 Å². The van der Waals surface area contributed by atoms with Crippen molar-refractivity contribution in [2.45, 2.75) is 127 Å². The lowest BCUT2D eigenvalue weighted by Gasteiger charge is -2.60. The van der Waals surface area contributed by atoms with Gasteiger partial charge in [-0.1, -0.05) is 60.9 Å². The number of esters is 1. The number of carbonyl (C=O) groups excluding carboxylic acids is 4. The lowest BCUT2D eigenvalue weighted by atomic mass is 9.38. The van der Waals surface area contributed by atoms with E-state index >= 15 is 14.4 Å². The number of carbonyl (C=O) groups is 4. The fourth-order valence-corrected chi connectivity index (χ4v) is 8.10. The van der Waals surface area contributed by atoms with Gasteiger partial charge in [-0.2, -0.15) is 0 Å². The van der Waals surface area contributed by atoms with Crippen molar-refractivity contribution in [3.8, 4) is 11.5 Å².